The molecule has 1 aromatic carbocycles. The molecule has 0 aromatic heterocycles. The predicted molar refractivity (Wildman–Crippen MR) is 55.9 cm³/mol. The van der Waals surface area contributed by atoms with Crippen molar-refractivity contribution in [2.24, 2.45) is 5.73 Å². The van der Waals surface area contributed by atoms with E-state index in [0.717, 1.165) is 6.42 Å². The molecule has 0 amide bonds. The average molecular weight is 232 g/mol. The molecule has 5 heteroatoms. The second kappa shape index (κ2) is 4.16. The van der Waals surface area contributed by atoms with Crippen molar-refractivity contribution >= 4 is 18.4 Å². The van der Waals surface area contributed by atoms with Crippen LogP contribution in [-0.2, 0) is 0 Å². The standard InChI is InChI=1S/C10H10FNO2.ClH/c11-8-2-1-5(10(13)14)3-6(8)7-4-9(7)12;/h1-3,7,9H,4,12H2,(H,13,14);1H/t7-,9+;/m0./s1. The monoisotopic (exact) mass is 231 g/mol. The summed E-state index contributed by atoms with van der Waals surface area (Å²) in [5, 5.41) is 8.71. The number of hydrogen-bond acceptors (Lipinski definition) is 2. The molecule has 0 aliphatic heterocycles. The third kappa shape index (κ3) is 2.27. The van der Waals surface area contributed by atoms with Crippen molar-refractivity contribution in [3.05, 3.63) is 35.1 Å². The number of carbonyl (C=O) groups is 1. The van der Waals surface area contributed by atoms with Gasteiger partial charge in [-0.2, -0.15) is 0 Å². The van der Waals surface area contributed by atoms with Gasteiger partial charge in [0.15, 0.2) is 0 Å². The number of benzene rings is 1. The summed E-state index contributed by atoms with van der Waals surface area (Å²) in [4.78, 5) is 10.6. The molecule has 0 heterocycles. The molecule has 1 aromatic rings. The van der Waals surface area contributed by atoms with Crippen LogP contribution in [0, 0.1) is 5.82 Å². The van der Waals surface area contributed by atoms with E-state index in [1.54, 1.807) is 0 Å². The molecule has 1 fully saturated rings. The molecule has 3 nitrogen and oxygen atoms in total. The van der Waals surface area contributed by atoms with Crippen molar-refractivity contribution in [3.63, 3.8) is 0 Å². The third-order valence-electron chi connectivity index (χ3n) is 2.48. The van der Waals surface area contributed by atoms with Crippen molar-refractivity contribution in [2.75, 3.05) is 0 Å². The highest BCUT2D eigenvalue weighted by atomic mass is 35.5. The zero-order chi connectivity index (χ0) is 10.3. The molecule has 0 spiro atoms. The Kier molecular flexibility index (Phi) is 3.31. The average Bonchev–Trinajstić information content (AvgIpc) is 2.83. The van der Waals surface area contributed by atoms with Crippen molar-refractivity contribution in [1.29, 1.82) is 0 Å². The first kappa shape index (κ1) is 11.9. The Balaban J connectivity index is 0.00000112. The van der Waals surface area contributed by atoms with Crippen molar-refractivity contribution in [1.82, 2.24) is 0 Å². The Morgan fingerprint density at radius 2 is 2.13 bits per heavy atom. The van der Waals surface area contributed by atoms with Crippen LogP contribution in [0.3, 0.4) is 0 Å². The van der Waals surface area contributed by atoms with E-state index in [-0.39, 0.29) is 35.7 Å². The number of halogens is 2. The predicted octanol–water partition coefficient (Wildman–Crippen LogP) is 1.76. The van der Waals surface area contributed by atoms with Crippen molar-refractivity contribution in [3.8, 4) is 0 Å². The first-order valence-electron chi connectivity index (χ1n) is 4.38. The highest BCUT2D eigenvalue weighted by Crippen LogP contribution is 2.40. The molecule has 0 unspecified atom stereocenters. The summed E-state index contributed by atoms with van der Waals surface area (Å²) in [6.07, 6.45) is 0.736. The third-order valence-corrected chi connectivity index (χ3v) is 2.48. The summed E-state index contributed by atoms with van der Waals surface area (Å²) < 4.78 is 13.2. The Morgan fingerprint density at radius 3 is 2.60 bits per heavy atom. The highest BCUT2D eigenvalue weighted by Gasteiger charge is 2.37. The summed E-state index contributed by atoms with van der Waals surface area (Å²) in [6.45, 7) is 0. The van der Waals surface area contributed by atoms with Gasteiger partial charge in [0, 0.05) is 12.0 Å². The van der Waals surface area contributed by atoms with E-state index in [2.05, 4.69) is 0 Å². The fraction of sp³-hybridized carbons (Fsp3) is 0.300. The zero-order valence-corrected chi connectivity index (χ0v) is 8.63. The molecule has 0 saturated heterocycles. The van der Waals surface area contributed by atoms with Crippen LogP contribution in [0.15, 0.2) is 18.2 Å². The Morgan fingerprint density at radius 1 is 1.53 bits per heavy atom. The van der Waals surface area contributed by atoms with Gasteiger partial charge in [-0.1, -0.05) is 0 Å². The summed E-state index contributed by atoms with van der Waals surface area (Å²) in [5.74, 6) is -1.41. The number of rotatable bonds is 2. The molecule has 2 atom stereocenters. The quantitative estimate of drug-likeness (QED) is 0.815. The van der Waals surface area contributed by atoms with E-state index in [0.29, 0.717) is 5.56 Å². The van der Waals surface area contributed by atoms with Crippen LogP contribution >= 0.6 is 12.4 Å². The minimum absolute atomic E-state index is 0. The number of carboxylic acids is 1. The van der Waals surface area contributed by atoms with Gasteiger partial charge in [-0.25, -0.2) is 9.18 Å². The van der Waals surface area contributed by atoms with Crippen LogP contribution in [0.4, 0.5) is 4.39 Å². The molecular formula is C10H11ClFNO2. The fourth-order valence-electron chi connectivity index (χ4n) is 1.53. The molecule has 0 bridgehead atoms. The molecule has 1 saturated carbocycles. The first-order valence-corrected chi connectivity index (χ1v) is 4.38. The topological polar surface area (TPSA) is 63.3 Å². The normalized spacial score (nSPS) is 23.1. The maximum Gasteiger partial charge on any atom is 0.335 e. The van der Waals surface area contributed by atoms with Crippen LogP contribution in [0.2, 0.25) is 0 Å². The Hall–Kier alpha value is -1.13. The molecule has 0 radical (unpaired) electrons. The molecule has 15 heavy (non-hydrogen) atoms. The van der Waals surface area contributed by atoms with Crippen LogP contribution in [0.1, 0.15) is 28.3 Å². The van der Waals surface area contributed by atoms with Gasteiger partial charge >= 0.3 is 5.97 Å². The molecule has 1 aliphatic rings. The second-order valence-corrected chi connectivity index (χ2v) is 3.55. The van der Waals surface area contributed by atoms with Gasteiger partial charge in [0.2, 0.25) is 0 Å². The van der Waals surface area contributed by atoms with E-state index in [4.69, 9.17) is 10.8 Å². The number of hydrogen-bond donors (Lipinski definition) is 2. The number of nitrogens with two attached hydrogens (primary N) is 1. The summed E-state index contributed by atoms with van der Waals surface area (Å²) in [6, 6.07) is 3.79. The summed E-state index contributed by atoms with van der Waals surface area (Å²) >= 11 is 0. The maximum absolute atomic E-state index is 13.2. The largest absolute Gasteiger partial charge is 0.478 e. The summed E-state index contributed by atoms with van der Waals surface area (Å²) in [5.41, 5.74) is 6.12. The van der Waals surface area contributed by atoms with Crippen molar-refractivity contribution < 1.29 is 14.3 Å². The minimum Gasteiger partial charge on any atom is -0.478 e. The fourth-order valence-corrected chi connectivity index (χ4v) is 1.53. The van der Waals surface area contributed by atoms with E-state index in [9.17, 15) is 9.18 Å². The number of carboxylic acid groups (broad SMARTS) is 1. The SMILES string of the molecule is Cl.N[C@@H]1C[C@H]1c1cc(C(=O)O)ccc1F. The van der Waals surface area contributed by atoms with Gasteiger partial charge in [0.05, 0.1) is 5.56 Å². The molecule has 82 valence electrons. The Labute approximate surface area is 92.5 Å². The Bertz CT molecular complexity index is 397. The molecule has 3 N–H and O–H groups in total. The lowest BCUT2D eigenvalue weighted by atomic mass is 10.1. The highest BCUT2D eigenvalue weighted by molar-refractivity contribution is 5.87. The van der Waals surface area contributed by atoms with Gasteiger partial charge < -0.3 is 10.8 Å². The lowest BCUT2D eigenvalue weighted by Gasteiger charge is -2.02. The summed E-state index contributed by atoms with van der Waals surface area (Å²) in [7, 11) is 0. The number of aromatic carboxylic acids is 1. The van der Waals surface area contributed by atoms with E-state index in [1.807, 2.05) is 0 Å². The smallest absolute Gasteiger partial charge is 0.335 e. The minimum atomic E-state index is -1.04. The van der Waals surface area contributed by atoms with E-state index >= 15 is 0 Å². The van der Waals surface area contributed by atoms with Crippen LogP contribution in [0.25, 0.3) is 0 Å². The van der Waals surface area contributed by atoms with E-state index in [1.165, 1.54) is 18.2 Å². The van der Waals surface area contributed by atoms with Crippen LogP contribution < -0.4 is 5.73 Å². The van der Waals surface area contributed by atoms with E-state index < -0.39 is 5.97 Å². The van der Waals surface area contributed by atoms with Crippen LogP contribution in [-0.4, -0.2) is 17.1 Å². The van der Waals surface area contributed by atoms with Gasteiger partial charge in [0.25, 0.3) is 0 Å². The lowest BCUT2D eigenvalue weighted by molar-refractivity contribution is 0.0696. The van der Waals surface area contributed by atoms with Crippen molar-refractivity contribution in [2.45, 2.75) is 18.4 Å². The molecule has 1 aliphatic carbocycles. The second-order valence-electron chi connectivity index (χ2n) is 3.55. The van der Waals surface area contributed by atoms with Crippen LogP contribution in [0.5, 0.6) is 0 Å². The van der Waals surface area contributed by atoms with Gasteiger partial charge in [0.1, 0.15) is 5.82 Å². The molecule has 2 rings (SSSR count). The molecular weight excluding hydrogens is 221 g/mol. The maximum atomic E-state index is 13.2. The van der Waals surface area contributed by atoms with Gasteiger partial charge in [-0.3, -0.25) is 0 Å². The first-order chi connectivity index (χ1) is 6.59. The van der Waals surface area contributed by atoms with Gasteiger partial charge in [-0.15, -0.1) is 12.4 Å². The van der Waals surface area contributed by atoms with Gasteiger partial charge in [-0.05, 0) is 30.2 Å². The lowest BCUT2D eigenvalue weighted by Crippen LogP contribution is -2.04. The zero-order valence-electron chi connectivity index (χ0n) is 7.81.